The standard InChI is InChI=1S/C15H10Cl2F4N6O/c1-26-12(15(19,20)21)10(17)11(24-26)13(28)23-14-22-6-27(25-14)5-7-2-3-8(18)4-9(7)16/h2-4,6H,5H2,1H3,(H,23,25,28). The van der Waals surface area contributed by atoms with Crippen molar-refractivity contribution in [1.29, 1.82) is 0 Å². The van der Waals surface area contributed by atoms with Gasteiger partial charge in [-0.25, -0.2) is 14.1 Å². The van der Waals surface area contributed by atoms with Gasteiger partial charge in [0.2, 0.25) is 5.95 Å². The summed E-state index contributed by atoms with van der Waals surface area (Å²) in [7, 11) is 1.02. The van der Waals surface area contributed by atoms with Crippen LogP contribution in [0.25, 0.3) is 0 Å². The van der Waals surface area contributed by atoms with Crippen molar-refractivity contribution in [3.8, 4) is 0 Å². The monoisotopic (exact) mass is 436 g/mol. The van der Waals surface area contributed by atoms with E-state index in [2.05, 4.69) is 20.5 Å². The van der Waals surface area contributed by atoms with Gasteiger partial charge in [-0.15, -0.1) is 5.10 Å². The molecule has 2 aromatic heterocycles. The van der Waals surface area contributed by atoms with Crippen molar-refractivity contribution < 1.29 is 22.4 Å². The summed E-state index contributed by atoms with van der Waals surface area (Å²) in [5.41, 5.74) is -1.31. The van der Waals surface area contributed by atoms with Crippen molar-refractivity contribution in [2.75, 3.05) is 5.32 Å². The first kappa shape index (κ1) is 20.1. The highest BCUT2D eigenvalue weighted by atomic mass is 35.5. The summed E-state index contributed by atoms with van der Waals surface area (Å²) in [6, 6.07) is 3.82. The van der Waals surface area contributed by atoms with E-state index in [0.717, 1.165) is 13.1 Å². The molecule has 3 rings (SSSR count). The maximum atomic E-state index is 13.1. The number of nitrogens with one attached hydrogen (secondary N) is 1. The van der Waals surface area contributed by atoms with Crippen LogP contribution >= 0.6 is 23.2 Å². The fourth-order valence-electron chi connectivity index (χ4n) is 2.36. The van der Waals surface area contributed by atoms with E-state index in [1.807, 2.05) is 0 Å². The Hall–Kier alpha value is -2.66. The second-order valence-corrected chi connectivity index (χ2v) is 6.37. The van der Waals surface area contributed by atoms with Crippen LogP contribution < -0.4 is 5.32 Å². The average Bonchev–Trinajstić information content (AvgIpc) is 3.13. The molecule has 0 fully saturated rings. The van der Waals surface area contributed by atoms with Crippen molar-refractivity contribution in [2.45, 2.75) is 12.7 Å². The lowest BCUT2D eigenvalue weighted by molar-refractivity contribution is -0.143. The fourth-order valence-corrected chi connectivity index (χ4v) is 2.94. The van der Waals surface area contributed by atoms with Crippen molar-refractivity contribution in [3.05, 3.63) is 57.3 Å². The Balaban J connectivity index is 1.76. The van der Waals surface area contributed by atoms with Gasteiger partial charge in [0.05, 0.1) is 6.54 Å². The van der Waals surface area contributed by atoms with Crippen LogP contribution in [0.2, 0.25) is 10.0 Å². The predicted molar refractivity (Wildman–Crippen MR) is 91.7 cm³/mol. The minimum absolute atomic E-state index is 0.130. The number of carbonyl (C=O) groups is 1. The summed E-state index contributed by atoms with van der Waals surface area (Å²) >= 11 is 11.6. The molecule has 1 N–H and O–H groups in total. The zero-order chi connectivity index (χ0) is 20.6. The maximum absolute atomic E-state index is 13.1. The van der Waals surface area contributed by atoms with Crippen molar-refractivity contribution >= 4 is 35.1 Å². The number of rotatable bonds is 4. The Kier molecular flexibility index (Phi) is 5.31. The van der Waals surface area contributed by atoms with Crippen molar-refractivity contribution in [2.24, 2.45) is 7.05 Å². The van der Waals surface area contributed by atoms with Gasteiger partial charge in [-0.3, -0.25) is 14.8 Å². The Morgan fingerprint density at radius 3 is 2.57 bits per heavy atom. The first-order valence-corrected chi connectivity index (χ1v) is 8.26. The van der Waals surface area contributed by atoms with Gasteiger partial charge in [0, 0.05) is 12.1 Å². The number of hydrogen-bond donors (Lipinski definition) is 1. The van der Waals surface area contributed by atoms with Gasteiger partial charge in [-0.2, -0.15) is 18.3 Å². The fraction of sp³-hybridized carbons (Fsp3) is 0.200. The number of hydrogen-bond acceptors (Lipinski definition) is 4. The topological polar surface area (TPSA) is 77.6 Å². The number of amides is 1. The third-order valence-corrected chi connectivity index (χ3v) is 4.29. The molecule has 148 valence electrons. The lowest BCUT2D eigenvalue weighted by Crippen LogP contribution is -2.15. The Morgan fingerprint density at radius 2 is 1.96 bits per heavy atom. The van der Waals surface area contributed by atoms with Crippen LogP contribution in [0.15, 0.2) is 24.5 Å². The number of nitrogens with zero attached hydrogens (tertiary/aromatic N) is 5. The van der Waals surface area contributed by atoms with E-state index in [1.165, 1.54) is 23.1 Å². The Morgan fingerprint density at radius 1 is 1.25 bits per heavy atom. The summed E-state index contributed by atoms with van der Waals surface area (Å²) in [6.07, 6.45) is -3.51. The van der Waals surface area contributed by atoms with E-state index in [9.17, 15) is 22.4 Å². The molecule has 3 aromatic rings. The largest absolute Gasteiger partial charge is 0.434 e. The minimum atomic E-state index is -4.77. The van der Waals surface area contributed by atoms with Gasteiger partial charge < -0.3 is 0 Å². The first-order chi connectivity index (χ1) is 13.1. The molecule has 0 aliphatic rings. The summed E-state index contributed by atoms with van der Waals surface area (Å²) < 4.78 is 53.7. The van der Waals surface area contributed by atoms with E-state index < -0.39 is 34.3 Å². The molecule has 0 aliphatic heterocycles. The number of benzene rings is 1. The zero-order valence-corrected chi connectivity index (χ0v) is 15.4. The molecular weight excluding hydrogens is 427 g/mol. The van der Waals surface area contributed by atoms with E-state index in [4.69, 9.17) is 23.2 Å². The molecule has 2 heterocycles. The van der Waals surface area contributed by atoms with E-state index in [0.29, 0.717) is 10.2 Å². The molecule has 0 spiro atoms. The SMILES string of the molecule is Cn1nc(C(=O)Nc2ncn(Cc3ccc(F)cc3Cl)n2)c(Cl)c1C(F)(F)F. The molecule has 0 saturated carbocycles. The smallest absolute Gasteiger partial charge is 0.288 e. The Bertz CT molecular complexity index is 1050. The van der Waals surface area contributed by atoms with Crippen LogP contribution in [0.4, 0.5) is 23.5 Å². The second-order valence-electron chi connectivity index (χ2n) is 5.59. The van der Waals surface area contributed by atoms with Gasteiger partial charge in [0.15, 0.2) is 11.4 Å². The van der Waals surface area contributed by atoms with Gasteiger partial charge in [-0.05, 0) is 17.7 Å². The number of aryl methyl sites for hydroxylation is 1. The quantitative estimate of drug-likeness (QED) is 0.631. The molecular formula is C15H10Cl2F4N6O. The first-order valence-electron chi connectivity index (χ1n) is 7.50. The molecule has 0 saturated heterocycles. The van der Waals surface area contributed by atoms with Gasteiger partial charge in [-0.1, -0.05) is 29.3 Å². The highest BCUT2D eigenvalue weighted by Crippen LogP contribution is 2.36. The van der Waals surface area contributed by atoms with Gasteiger partial charge >= 0.3 is 6.18 Å². The molecule has 1 amide bonds. The predicted octanol–water partition coefficient (Wildman–Crippen LogP) is 3.78. The summed E-state index contributed by atoms with van der Waals surface area (Å²) in [4.78, 5) is 16.0. The third-order valence-electron chi connectivity index (χ3n) is 3.58. The lowest BCUT2D eigenvalue weighted by Gasteiger charge is -2.06. The normalized spacial score (nSPS) is 11.7. The minimum Gasteiger partial charge on any atom is -0.288 e. The Labute approximate surface area is 164 Å². The lowest BCUT2D eigenvalue weighted by atomic mass is 10.2. The molecule has 0 aliphatic carbocycles. The molecule has 0 unspecified atom stereocenters. The van der Waals surface area contributed by atoms with Crippen LogP contribution in [0, 0.1) is 5.82 Å². The maximum Gasteiger partial charge on any atom is 0.434 e. The number of carbonyl (C=O) groups excluding carboxylic acids is 1. The van der Waals surface area contributed by atoms with Gasteiger partial charge in [0.25, 0.3) is 5.91 Å². The summed E-state index contributed by atoms with van der Waals surface area (Å²) in [5, 5.41) is 9.04. The molecule has 28 heavy (non-hydrogen) atoms. The summed E-state index contributed by atoms with van der Waals surface area (Å²) in [5.74, 6) is -1.68. The molecule has 13 heteroatoms. The van der Waals surface area contributed by atoms with Crippen molar-refractivity contribution in [3.63, 3.8) is 0 Å². The van der Waals surface area contributed by atoms with Crippen LogP contribution in [0.1, 0.15) is 21.7 Å². The summed E-state index contributed by atoms with van der Waals surface area (Å²) in [6.45, 7) is 0.130. The third kappa shape index (κ3) is 4.09. The highest BCUT2D eigenvalue weighted by Gasteiger charge is 2.40. The van der Waals surface area contributed by atoms with E-state index in [1.54, 1.807) is 0 Å². The second kappa shape index (κ2) is 7.40. The highest BCUT2D eigenvalue weighted by molar-refractivity contribution is 6.34. The molecule has 7 nitrogen and oxygen atoms in total. The average molecular weight is 437 g/mol. The van der Waals surface area contributed by atoms with Crippen molar-refractivity contribution in [1.82, 2.24) is 24.5 Å². The van der Waals surface area contributed by atoms with Crippen LogP contribution in [0.3, 0.4) is 0 Å². The number of aromatic nitrogens is 5. The van der Waals surface area contributed by atoms with Gasteiger partial charge in [0.1, 0.15) is 17.2 Å². The van der Waals surface area contributed by atoms with Crippen LogP contribution in [-0.4, -0.2) is 30.5 Å². The van der Waals surface area contributed by atoms with Crippen LogP contribution in [0.5, 0.6) is 0 Å². The molecule has 0 atom stereocenters. The van der Waals surface area contributed by atoms with E-state index in [-0.39, 0.29) is 17.5 Å². The number of anilines is 1. The molecule has 1 aromatic carbocycles. The van der Waals surface area contributed by atoms with Crippen LogP contribution in [-0.2, 0) is 19.8 Å². The number of halogens is 6. The molecule has 0 radical (unpaired) electrons. The van der Waals surface area contributed by atoms with E-state index >= 15 is 0 Å². The number of alkyl halides is 3. The molecule has 0 bridgehead atoms. The zero-order valence-electron chi connectivity index (χ0n) is 13.9.